The van der Waals surface area contributed by atoms with Gasteiger partial charge in [-0.1, -0.05) is 24.3 Å². The van der Waals surface area contributed by atoms with Gasteiger partial charge in [-0.15, -0.1) is 0 Å². The highest BCUT2D eigenvalue weighted by atomic mass is 32.2. The highest BCUT2D eigenvalue weighted by molar-refractivity contribution is 7.93. The van der Waals surface area contributed by atoms with E-state index in [-0.39, 0.29) is 91.0 Å². The number of sulfonamides is 4. The summed E-state index contributed by atoms with van der Waals surface area (Å²) < 4.78 is 365. The number of carbonyl (C=O) groups is 4. The number of esters is 4. The highest BCUT2D eigenvalue weighted by Gasteiger charge is 2.53. The minimum absolute atomic E-state index is 0.0731. The molecule has 0 aliphatic carbocycles. The summed E-state index contributed by atoms with van der Waals surface area (Å²) in [6.45, 7) is 17.3. The fraction of sp³-hybridized carbons (Fsp3) is 0.409. The third-order valence-electron chi connectivity index (χ3n) is 19.5. The summed E-state index contributed by atoms with van der Waals surface area (Å²) in [5, 5.41) is 0. The SMILES string of the molecule is CC(C)(C)OC(=O)Cc1ccc2c(c1)N(S(=O)(=O)c1ccc(F)cc1)C[C@@H]([C@@H](N)C(F)(F)F)O2.CC(C)(C)OC(=O)Cc1ccc2c(c1)N(S(=O)(=O)c1ccc(F)cc1)C[C@@H]([C@H](N)C(F)(F)F)O2.CC(C)(C)OC(=O)Cc1ccc2c(c1)N(S(=O)(=O)c1ccc(F)cc1)C[C@H]([C@@H](N)C(F)(F)F)O2.CC(C)(C)OC(=O)Cc1ccc2c(c1)N(S(=O)(=O)c1ccc(F)cc1)C[C@H]([C@H](N)C(F)(F)F)O2. The smallest absolute Gasteiger partial charge is 0.407 e. The van der Waals surface area contributed by atoms with Crippen LogP contribution in [0.1, 0.15) is 105 Å². The van der Waals surface area contributed by atoms with Crippen molar-refractivity contribution in [1.29, 1.82) is 0 Å². The molecule has 0 saturated carbocycles. The number of alkyl halides is 12. The Morgan fingerprint density at radius 2 is 0.449 bits per heavy atom. The average Bonchev–Trinajstić information content (AvgIpc) is 0.765. The van der Waals surface area contributed by atoms with Crippen molar-refractivity contribution in [3.63, 3.8) is 0 Å². The zero-order chi connectivity index (χ0) is 102. The van der Waals surface area contributed by atoms with Gasteiger partial charge >= 0.3 is 48.6 Å². The molecule has 744 valence electrons. The molecule has 8 aromatic carbocycles. The van der Waals surface area contributed by atoms with Crippen LogP contribution in [0.2, 0.25) is 0 Å². The van der Waals surface area contributed by atoms with E-state index < -0.39 is 209 Å². The van der Waals surface area contributed by atoms with Crippen LogP contribution in [0, 0.1) is 23.3 Å². The number of nitrogens with two attached hydrogens (primary N) is 4. The van der Waals surface area contributed by atoms with Crippen LogP contribution in [-0.2, 0) is 104 Å². The molecule has 0 unspecified atom stereocenters. The maximum atomic E-state index is 13.3. The van der Waals surface area contributed by atoms with E-state index in [1.54, 1.807) is 83.1 Å². The standard InChI is InChI=1S/4C22H24F4N2O5S/c4*1-21(2,3)33-19(29)11-13-4-9-17-16(10-13)28(12-18(32-17)20(27)22(24,25)26)34(30,31)15-7-5-14(23)6-8-15/h4*4-10,18,20H,11-12,27H2,1-3H3/t2*18-,20+;2*18-,20-/m1010/s1. The Balaban J connectivity index is 0.000000203. The summed E-state index contributed by atoms with van der Waals surface area (Å²) in [5.74, 6) is -5.66. The Hall–Kier alpha value is -11.4. The number of fused-ring (bicyclic) bond motifs is 4. The van der Waals surface area contributed by atoms with Gasteiger partial charge in [0.15, 0.2) is 0 Å². The van der Waals surface area contributed by atoms with Gasteiger partial charge in [0.25, 0.3) is 40.1 Å². The van der Waals surface area contributed by atoms with Gasteiger partial charge in [-0.2, -0.15) is 52.7 Å². The first-order valence-corrected chi connectivity index (χ1v) is 46.6. The zero-order valence-corrected chi connectivity index (χ0v) is 77.7. The largest absolute Gasteiger partial charge is 0.484 e. The molecular formula is C88H96F16N8O20S4. The first-order valence-electron chi connectivity index (χ1n) is 40.8. The summed E-state index contributed by atoms with van der Waals surface area (Å²) in [6, 6.07) is 21.7. The molecule has 48 heteroatoms. The molecule has 0 saturated heterocycles. The summed E-state index contributed by atoms with van der Waals surface area (Å²) in [5.41, 5.74) is 19.4. The maximum Gasteiger partial charge on any atom is 0.407 e. The fourth-order valence-corrected chi connectivity index (χ4v) is 19.2. The molecule has 8 aromatic rings. The molecule has 136 heavy (non-hydrogen) atoms. The summed E-state index contributed by atoms with van der Waals surface area (Å²) in [4.78, 5) is 47.5. The monoisotopic (exact) mass is 2020 g/mol. The second kappa shape index (κ2) is 41.1. The first-order chi connectivity index (χ1) is 62.3. The Bertz CT molecular complexity index is 5390. The second-order valence-corrected chi connectivity index (χ2v) is 42.6. The van der Waals surface area contributed by atoms with E-state index in [4.69, 9.17) is 60.8 Å². The van der Waals surface area contributed by atoms with E-state index in [0.717, 1.165) is 114 Å². The maximum absolute atomic E-state index is 13.3. The number of hydrogen-bond donors (Lipinski definition) is 4. The Morgan fingerprint density at radius 1 is 0.294 bits per heavy atom. The van der Waals surface area contributed by atoms with Crippen molar-refractivity contribution < 1.29 is 161 Å². The number of ether oxygens (including phenoxy) is 8. The summed E-state index contributed by atoms with van der Waals surface area (Å²) in [7, 11) is -17.7. The van der Waals surface area contributed by atoms with Crippen molar-refractivity contribution in [1.82, 2.24) is 0 Å². The van der Waals surface area contributed by atoms with Crippen LogP contribution in [0.5, 0.6) is 23.0 Å². The van der Waals surface area contributed by atoms with Gasteiger partial charge in [0, 0.05) is 0 Å². The lowest BCUT2D eigenvalue weighted by molar-refractivity contribution is -0.165. The molecule has 4 aliphatic heterocycles. The first kappa shape index (κ1) is 108. The molecule has 0 fully saturated rings. The molecule has 8 N–H and O–H groups in total. The lowest BCUT2D eigenvalue weighted by atomic mass is 10.1. The van der Waals surface area contributed by atoms with Crippen molar-refractivity contribution in [2.75, 3.05) is 43.4 Å². The van der Waals surface area contributed by atoms with Crippen LogP contribution in [-0.4, -0.2) is 179 Å². The number of rotatable bonds is 20. The third-order valence-corrected chi connectivity index (χ3v) is 26.6. The number of benzene rings is 8. The predicted octanol–water partition coefficient (Wildman–Crippen LogP) is 14.2. The van der Waals surface area contributed by atoms with Gasteiger partial charge in [-0.25, -0.2) is 51.2 Å². The van der Waals surface area contributed by atoms with Gasteiger partial charge in [-0.05, 0) is 251 Å². The lowest BCUT2D eigenvalue weighted by Gasteiger charge is -2.38. The molecular weight excluding hydrogens is 1920 g/mol. The number of hydrogen-bond acceptors (Lipinski definition) is 24. The average molecular weight is 2020 g/mol. The number of carbonyl (C=O) groups excluding carboxylic acids is 4. The van der Waals surface area contributed by atoms with E-state index >= 15 is 0 Å². The summed E-state index contributed by atoms with van der Waals surface area (Å²) in [6.07, 6.45) is -27.2. The zero-order valence-electron chi connectivity index (χ0n) is 74.4. The van der Waals surface area contributed by atoms with Crippen molar-refractivity contribution in [3.05, 3.63) is 215 Å². The van der Waals surface area contributed by atoms with Gasteiger partial charge < -0.3 is 60.8 Å². The molecule has 0 amide bonds. The molecule has 0 bridgehead atoms. The van der Waals surface area contributed by atoms with Crippen LogP contribution in [0.4, 0.5) is 93.0 Å². The lowest BCUT2D eigenvalue weighted by Crippen LogP contribution is -2.57. The fourth-order valence-electron chi connectivity index (χ4n) is 13.3. The molecule has 4 heterocycles. The van der Waals surface area contributed by atoms with Crippen LogP contribution < -0.4 is 59.1 Å². The molecule has 28 nitrogen and oxygen atoms in total. The van der Waals surface area contributed by atoms with Crippen LogP contribution in [0.25, 0.3) is 0 Å². The van der Waals surface area contributed by atoms with Crippen LogP contribution >= 0.6 is 0 Å². The van der Waals surface area contributed by atoms with E-state index in [1.807, 2.05) is 0 Å². The molecule has 0 spiro atoms. The minimum Gasteiger partial charge on any atom is -0.484 e. The van der Waals surface area contributed by atoms with Crippen molar-refractivity contribution in [2.45, 2.75) is 224 Å². The van der Waals surface area contributed by atoms with Gasteiger partial charge in [0.2, 0.25) is 0 Å². The Kier molecular flexibility index (Phi) is 32.7. The van der Waals surface area contributed by atoms with Crippen molar-refractivity contribution in [3.8, 4) is 23.0 Å². The molecule has 12 rings (SSSR count). The number of nitrogens with zero attached hydrogens (tertiary/aromatic N) is 4. The van der Waals surface area contributed by atoms with E-state index in [9.17, 15) is 123 Å². The van der Waals surface area contributed by atoms with Crippen LogP contribution in [0.3, 0.4) is 0 Å². The van der Waals surface area contributed by atoms with Gasteiger partial charge in [-0.3, -0.25) is 36.4 Å². The number of halogens is 16. The van der Waals surface area contributed by atoms with Crippen molar-refractivity contribution >= 4 is 86.7 Å². The Labute approximate surface area is 772 Å². The minimum atomic E-state index is -4.84. The molecule has 8 atom stereocenters. The van der Waals surface area contributed by atoms with E-state index in [2.05, 4.69) is 0 Å². The van der Waals surface area contributed by atoms with E-state index in [0.29, 0.717) is 22.3 Å². The molecule has 0 aromatic heterocycles. The highest BCUT2D eigenvalue weighted by Crippen LogP contribution is 2.46. The molecule has 0 radical (unpaired) electrons. The molecule has 4 aliphatic rings. The van der Waals surface area contributed by atoms with Crippen LogP contribution in [0.15, 0.2) is 189 Å². The Morgan fingerprint density at radius 3 is 0.588 bits per heavy atom. The second-order valence-electron chi connectivity index (χ2n) is 35.1. The third kappa shape index (κ3) is 28.4. The number of anilines is 4. The van der Waals surface area contributed by atoms with Gasteiger partial charge in [0.1, 0.15) is 117 Å². The van der Waals surface area contributed by atoms with E-state index in [1.165, 1.54) is 72.8 Å². The predicted molar refractivity (Wildman–Crippen MR) is 461 cm³/mol. The quantitative estimate of drug-likeness (QED) is 0.0313. The topological polar surface area (TPSA) is 396 Å². The van der Waals surface area contributed by atoms with Gasteiger partial charge in [0.05, 0.1) is 94.2 Å². The normalized spacial score (nSPS) is 17.5. The summed E-state index contributed by atoms with van der Waals surface area (Å²) >= 11 is 0. The van der Waals surface area contributed by atoms with Crippen molar-refractivity contribution in [2.24, 2.45) is 22.9 Å².